The van der Waals surface area contributed by atoms with Crippen molar-refractivity contribution in [2.75, 3.05) is 19.0 Å². The van der Waals surface area contributed by atoms with Gasteiger partial charge in [-0.05, 0) is 13.8 Å². The lowest BCUT2D eigenvalue weighted by molar-refractivity contribution is 0.0527. The predicted octanol–water partition coefficient (Wildman–Crippen LogP) is 2.26. The number of nitrogens with zero attached hydrogens (tertiary/aromatic N) is 1. The zero-order valence-electron chi connectivity index (χ0n) is 8.93. The van der Waals surface area contributed by atoms with Crippen molar-refractivity contribution in [1.82, 2.24) is 4.98 Å². The first-order chi connectivity index (χ1) is 7.11. The van der Waals surface area contributed by atoms with E-state index in [-0.39, 0.29) is 0 Å². The van der Waals surface area contributed by atoms with E-state index in [1.165, 1.54) is 6.20 Å². The normalized spacial score (nSPS) is 9.87. The Labute approximate surface area is 93.6 Å². The number of hydrogen-bond donors (Lipinski definition) is 1. The molecule has 0 aliphatic rings. The maximum absolute atomic E-state index is 11.5. The topological polar surface area (TPSA) is 51.2 Å². The van der Waals surface area contributed by atoms with Gasteiger partial charge in [0.25, 0.3) is 0 Å². The Kier molecular flexibility index (Phi) is 3.91. The molecule has 1 rings (SSSR count). The molecule has 82 valence electrons. The van der Waals surface area contributed by atoms with Gasteiger partial charge in [0.1, 0.15) is 10.7 Å². The van der Waals surface area contributed by atoms with Crippen LogP contribution in [0.5, 0.6) is 0 Å². The van der Waals surface area contributed by atoms with Gasteiger partial charge in [0.2, 0.25) is 0 Å². The Balaban J connectivity index is 3.18. The summed E-state index contributed by atoms with van der Waals surface area (Å²) in [6.45, 7) is 3.89. The van der Waals surface area contributed by atoms with E-state index in [0.717, 1.165) is 5.56 Å². The minimum Gasteiger partial charge on any atom is -0.462 e. The minimum absolute atomic E-state index is 0.337. The van der Waals surface area contributed by atoms with Crippen LogP contribution in [0.3, 0.4) is 0 Å². The molecule has 1 N–H and O–H groups in total. The highest BCUT2D eigenvalue weighted by molar-refractivity contribution is 6.30. The number of ether oxygens (including phenoxy) is 1. The molecule has 0 spiro atoms. The summed E-state index contributed by atoms with van der Waals surface area (Å²) in [5, 5.41) is 3.30. The third-order valence-corrected chi connectivity index (χ3v) is 2.39. The van der Waals surface area contributed by atoms with Gasteiger partial charge >= 0.3 is 5.97 Å². The molecule has 0 atom stereocenters. The van der Waals surface area contributed by atoms with E-state index in [0.29, 0.717) is 23.0 Å². The van der Waals surface area contributed by atoms with Crippen molar-refractivity contribution in [1.29, 1.82) is 0 Å². The van der Waals surface area contributed by atoms with Gasteiger partial charge in [-0.2, -0.15) is 0 Å². The Morgan fingerprint density at radius 2 is 2.33 bits per heavy atom. The fourth-order valence-corrected chi connectivity index (χ4v) is 1.42. The molecule has 0 bridgehead atoms. The van der Waals surface area contributed by atoms with Crippen LogP contribution < -0.4 is 5.32 Å². The van der Waals surface area contributed by atoms with Gasteiger partial charge in [-0.15, -0.1) is 0 Å². The number of hydrogen-bond acceptors (Lipinski definition) is 4. The molecule has 0 amide bonds. The smallest absolute Gasteiger partial charge is 0.341 e. The predicted molar refractivity (Wildman–Crippen MR) is 59.5 cm³/mol. The minimum atomic E-state index is -0.394. The highest BCUT2D eigenvalue weighted by atomic mass is 35.5. The van der Waals surface area contributed by atoms with Gasteiger partial charge in [-0.1, -0.05) is 11.6 Å². The van der Waals surface area contributed by atoms with Crippen molar-refractivity contribution in [3.63, 3.8) is 0 Å². The van der Waals surface area contributed by atoms with Crippen LogP contribution in [-0.2, 0) is 4.74 Å². The molecule has 1 heterocycles. The molecule has 0 aliphatic carbocycles. The highest BCUT2D eigenvalue weighted by Crippen LogP contribution is 2.25. The molecule has 0 unspecified atom stereocenters. The molecule has 0 aliphatic heterocycles. The molecule has 0 saturated carbocycles. The highest BCUT2D eigenvalue weighted by Gasteiger charge is 2.16. The van der Waals surface area contributed by atoms with E-state index in [2.05, 4.69) is 10.3 Å². The summed E-state index contributed by atoms with van der Waals surface area (Å²) in [7, 11) is 1.72. The average Bonchev–Trinajstić information content (AvgIpc) is 2.22. The largest absolute Gasteiger partial charge is 0.462 e. The van der Waals surface area contributed by atoms with E-state index in [1.807, 2.05) is 0 Å². The van der Waals surface area contributed by atoms with E-state index in [4.69, 9.17) is 16.3 Å². The SMILES string of the molecule is CCOC(=O)c1cnc(Cl)c(C)c1NC. The molecule has 15 heavy (non-hydrogen) atoms. The van der Waals surface area contributed by atoms with Gasteiger partial charge < -0.3 is 10.1 Å². The number of aromatic nitrogens is 1. The molecule has 1 aromatic rings. The van der Waals surface area contributed by atoms with Crippen molar-refractivity contribution in [2.45, 2.75) is 13.8 Å². The van der Waals surface area contributed by atoms with E-state index in [9.17, 15) is 4.79 Å². The van der Waals surface area contributed by atoms with Gasteiger partial charge in [-0.25, -0.2) is 9.78 Å². The van der Waals surface area contributed by atoms with Crippen LogP contribution >= 0.6 is 11.6 Å². The molecule has 0 fully saturated rings. The van der Waals surface area contributed by atoms with Crippen LogP contribution in [-0.4, -0.2) is 24.6 Å². The second-order valence-electron chi connectivity index (χ2n) is 2.93. The number of nitrogens with one attached hydrogen (secondary N) is 1. The van der Waals surface area contributed by atoms with Crippen LogP contribution in [0.1, 0.15) is 22.8 Å². The molecule has 5 heteroatoms. The number of rotatable bonds is 3. The lowest BCUT2D eigenvalue weighted by Gasteiger charge is -2.11. The molecular weight excluding hydrogens is 216 g/mol. The van der Waals surface area contributed by atoms with Crippen molar-refractivity contribution >= 4 is 23.3 Å². The van der Waals surface area contributed by atoms with Crippen molar-refractivity contribution in [2.24, 2.45) is 0 Å². The summed E-state index contributed by atoms with van der Waals surface area (Å²) in [4.78, 5) is 15.5. The number of carbonyl (C=O) groups excluding carboxylic acids is 1. The maximum atomic E-state index is 11.5. The quantitative estimate of drug-likeness (QED) is 0.637. The number of carbonyl (C=O) groups is 1. The van der Waals surface area contributed by atoms with E-state index < -0.39 is 5.97 Å². The van der Waals surface area contributed by atoms with Gasteiger partial charge in [0.15, 0.2) is 0 Å². The molecule has 0 radical (unpaired) electrons. The van der Waals surface area contributed by atoms with Crippen molar-refractivity contribution < 1.29 is 9.53 Å². The first kappa shape index (κ1) is 11.8. The molecule has 0 saturated heterocycles. The fraction of sp³-hybridized carbons (Fsp3) is 0.400. The van der Waals surface area contributed by atoms with Gasteiger partial charge in [0.05, 0.1) is 12.3 Å². The van der Waals surface area contributed by atoms with Crippen LogP contribution in [0.15, 0.2) is 6.20 Å². The number of esters is 1. The van der Waals surface area contributed by atoms with Crippen molar-refractivity contribution in [3.8, 4) is 0 Å². The van der Waals surface area contributed by atoms with Crippen LogP contribution in [0.2, 0.25) is 5.15 Å². The van der Waals surface area contributed by atoms with E-state index in [1.54, 1.807) is 20.9 Å². The lowest BCUT2D eigenvalue weighted by atomic mass is 10.1. The third kappa shape index (κ3) is 2.39. The molecule has 0 aromatic carbocycles. The average molecular weight is 229 g/mol. The first-order valence-electron chi connectivity index (χ1n) is 4.61. The monoisotopic (exact) mass is 228 g/mol. The zero-order chi connectivity index (χ0) is 11.4. The second-order valence-corrected chi connectivity index (χ2v) is 3.29. The number of pyridine rings is 1. The van der Waals surface area contributed by atoms with Crippen molar-refractivity contribution in [3.05, 3.63) is 22.5 Å². The van der Waals surface area contributed by atoms with Crippen LogP contribution in [0.25, 0.3) is 0 Å². The van der Waals surface area contributed by atoms with Gasteiger partial charge in [0, 0.05) is 18.8 Å². The Morgan fingerprint density at radius 1 is 1.67 bits per heavy atom. The lowest BCUT2D eigenvalue weighted by Crippen LogP contribution is -2.10. The van der Waals surface area contributed by atoms with Crippen LogP contribution in [0, 0.1) is 6.92 Å². The summed E-state index contributed by atoms with van der Waals surface area (Å²) in [6.07, 6.45) is 1.42. The number of anilines is 1. The Hall–Kier alpha value is -1.29. The first-order valence-corrected chi connectivity index (χ1v) is 4.99. The summed E-state index contributed by atoms with van der Waals surface area (Å²) >= 11 is 5.84. The zero-order valence-corrected chi connectivity index (χ0v) is 9.68. The third-order valence-electron chi connectivity index (χ3n) is 2.01. The summed E-state index contributed by atoms with van der Waals surface area (Å²) in [6, 6.07) is 0. The van der Waals surface area contributed by atoms with Crippen LogP contribution in [0.4, 0.5) is 5.69 Å². The fourth-order valence-electron chi connectivity index (χ4n) is 1.27. The number of halogens is 1. The van der Waals surface area contributed by atoms with Gasteiger partial charge in [-0.3, -0.25) is 0 Å². The Bertz CT molecular complexity index is 380. The van der Waals surface area contributed by atoms with E-state index >= 15 is 0 Å². The summed E-state index contributed by atoms with van der Waals surface area (Å²) in [5.41, 5.74) is 1.81. The Morgan fingerprint density at radius 3 is 2.87 bits per heavy atom. The second kappa shape index (κ2) is 4.98. The summed E-state index contributed by atoms with van der Waals surface area (Å²) < 4.78 is 4.90. The molecule has 1 aromatic heterocycles. The maximum Gasteiger partial charge on any atom is 0.341 e. The molecular formula is C10H13ClN2O2. The standard InChI is InChI=1S/C10H13ClN2O2/c1-4-15-10(14)7-5-13-9(11)6(2)8(7)12-3/h5H,4H2,1-3H3,(H,12,13). The molecule has 4 nitrogen and oxygen atoms in total. The summed E-state index contributed by atoms with van der Waals surface area (Å²) in [5.74, 6) is -0.394.